The quantitative estimate of drug-likeness (QED) is 0.359. The number of ketones is 1. The van der Waals surface area contributed by atoms with Crippen molar-refractivity contribution in [1.29, 1.82) is 0 Å². The number of Topliss-reactive ketones (excluding diaryl/α,β-unsaturated/α-hetero) is 1. The highest BCUT2D eigenvalue weighted by Gasteiger charge is 2.31. The van der Waals surface area contributed by atoms with Gasteiger partial charge in [0.1, 0.15) is 0 Å². The van der Waals surface area contributed by atoms with Crippen molar-refractivity contribution >= 4 is 17.6 Å². The van der Waals surface area contributed by atoms with Gasteiger partial charge in [-0.2, -0.15) is 0 Å². The molecule has 0 aliphatic carbocycles. The molecule has 2 heterocycles. The Morgan fingerprint density at radius 1 is 1.65 bits per heavy atom. The highest BCUT2D eigenvalue weighted by Crippen LogP contribution is 2.23. The molecular formula is C12H14N6O2. The maximum atomic E-state index is 11.9. The molecule has 0 aromatic carbocycles. The molecule has 0 bridgehead atoms. The largest absolute Gasteiger partial charge is 0.294 e. The van der Waals surface area contributed by atoms with Gasteiger partial charge >= 0.3 is 0 Å². The second kappa shape index (κ2) is 5.66. The van der Waals surface area contributed by atoms with Crippen molar-refractivity contribution < 1.29 is 9.59 Å². The van der Waals surface area contributed by atoms with Gasteiger partial charge in [0.2, 0.25) is 11.9 Å². The predicted octanol–water partition coefficient (Wildman–Crippen LogP) is 1.65. The summed E-state index contributed by atoms with van der Waals surface area (Å²) in [6.45, 7) is 3.86. The lowest BCUT2D eigenvalue weighted by Crippen LogP contribution is -2.27. The van der Waals surface area contributed by atoms with Crippen molar-refractivity contribution in [2.24, 2.45) is 11.0 Å². The average Bonchev–Trinajstić information content (AvgIpc) is 2.77. The van der Waals surface area contributed by atoms with E-state index >= 15 is 0 Å². The van der Waals surface area contributed by atoms with Crippen LogP contribution in [-0.2, 0) is 4.79 Å². The van der Waals surface area contributed by atoms with E-state index in [2.05, 4.69) is 20.0 Å². The maximum absolute atomic E-state index is 11.9. The molecule has 2 rings (SSSR count). The first-order chi connectivity index (χ1) is 9.52. The van der Waals surface area contributed by atoms with Crippen molar-refractivity contribution in [3.63, 3.8) is 0 Å². The molecule has 104 valence electrons. The molecule has 1 aromatic heterocycles. The van der Waals surface area contributed by atoms with Crippen molar-refractivity contribution in [2.75, 3.05) is 18.0 Å². The fourth-order valence-corrected chi connectivity index (χ4v) is 2.18. The molecule has 1 fully saturated rings. The van der Waals surface area contributed by atoms with Gasteiger partial charge in [-0.05, 0) is 25.3 Å². The van der Waals surface area contributed by atoms with Crippen LogP contribution in [0.3, 0.4) is 0 Å². The number of hydrogen-bond donors (Lipinski definition) is 0. The number of carbonyl (C=O) groups is 2. The summed E-state index contributed by atoms with van der Waals surface area (Å²) >= 11 is 0. The van der Waals surface area contributed by atoms with Crippen LogP contribution in [0.15, 0.2) is 11.3 Å². The predicted molar refractivity (Wildman–Crippen MR) is 71.2 cm³/mol. The Morgan fingerprint density at radius 2 is 2.40 bits per heavy atom. The summed E-state index contributed by atoms with van der Waals surface area (Å²) in [5.41, 5.74) is 9.30. The van der Waals surface area contributed by atoms with Gasteiger partial charge in [-0.3, -0.25) is 14.5 Å². The number of aromatic nitrogens is 2. The van der Waals surface area contributed by atoms with Crippen molar-refractivity contribution in [3.8, 4) is 0 Å². The first-order valence-corrected chi connectivity index (χ1v) is 6.18. The number of anilines is 1. The van der Waals surface area contributed by atoms with E-state index in [1.165, 1.54) is 18.0 Å². The molecule has 8 heteroatoms. The highest BCUT2D eigenvalue weighted by molar-refractivity contribution is 5.96. The molecule has 1 aromatic rings. The third kappa shape index (κ3) is 2.75. The van der Waals surface area contributed by atoms with Crippen LogP contribution in [0.4, 0.5) is 5.95 Å². The number of amides is 1. The fourth-order valence-electron chi connectivity index (χ4n) is 2.18. The smallest absolute Gasteiger partial charge is 0.232 e. The Labute approximate surface area is 115 Å². The fraction of sp³-hybridized carbons (Fsp3) is 0.500. The van der Waals surface area contributed by atoms with Crippen molar-refractivity contribution in [3.05, 3.63) is 27.9 Å². The lowest BCUT2D eigenvalue weighted by atomic mass is 10.1. The van der Waals surface area contributed by atoms with Gasteiger partial charge in [0.05, 0.1) is 11.3 Å². The number of carbonyl (C=O) groups excluding carboxylic acids is 2. The van der Waals surface area contributed by atoms with Gasteiger partial charge < -0.3 is 0 Å². The molecule has 1 aliphatic rings. The maximum Gasteiger partial charge on any atom is 0.232 e. The summed E-state index contributed by atoms with van der Waals surface area (Å²) in [5.74, 6) is 0.0666. The monoisotopic (exact) mass is 274 g/mol. The van der Waals surface area contributed by atoms with Crippen LogP contribution in [0, 0.1) is 12.8 Å². The van der Waals surface area contributed by atoms with Crippen LogP contribution in [-0.4, -0.2) is 34.7 Å². The summed E-state index contributed by atoms with van der Waals surface area (Å²) in [6.07, 6.45) is 1.75. The SMILES string of the molecule is CC(=O)c1cnc(N2CC(CN=[N+]=[N-])CC2=O)nc1C. The van der Waals surface area contributed by atoms with E-state index in [1.807, 2.05) is 0 Å². The number of hydrogen-bond acceptors (Lipinski definition) is 5. The Hall–Kier alpha value is -2.47. The van der Waals surface area contributed by atoms with E-state index in [4.69, 9.17) is 5.53 Å². The molecule has 1 atom stereocenters. The Balaban J connectivity index is 2.20. The molecule has 0 radical (unpaired) electrons. The molecule has 20 heavy (non-hydrogen) atoms. The minimum Gasteiger partial charge on any atom is -0.294 e. The Bertz CT molecular complexity index is 608. The number of azide groups is 1. The zero-order chi connectivity index (χ0) is 14.7. The average molecular weight is 274 g/mol. The van der Waals surface area contributed by atoms with Crippen molar-refractivity contribution in [2.45, 2.75) is 20.3 Å². The van der Waals surface area contributed by atoms with E-state index in [0.717, 1.165) is 0 Å². The Morgan fingerprint density at radius 3 is 3.00 bits per heavy atom. The van der Waals surface area contributed by atoms with Crippen LogP contribution in [0.2, 0.25) is 0 Å². The molecule has 1 amide bonds. The Kier molecular flexibility index (Phi) is 3.95. The van der Waals surface area contributed by atoms with E-state index in [1.54, 1.807) is 6.92 Å². The van der Waals surface area contributed by atoms with Gasteiger partial charge in [-0.25, -0.2) is 9.97 Å². The van der Waals surface area contributed by atoms with Gasteiger partial charge in [0.25, 0.3) is 0 Å². The van der Waals surface area contributed by atoms with Crippen LogP contribution in [0.25, 0.3) is 10.4 Å². The van der Waals surface area contributed by atoms with Gasteiger partial charge in [-0.15, -0.1) is 0 Å². The lowest BCUT2D eigenvalue weighted by molar-refractivity contribution is -0.117. The zero-order valence-electron chi connectivity index (χ0n) is 11.3. The molecule has 0 saturated carbocycles. The first-order valence-electron chi connectivity index (χ1n) is 6.18. The topological polar surface area (TPSA) is 112 Å². The standard InChI is InChI=1S/C12H14N6O2/c1-7-10(8(2)19)5-14-12(16-7)18-6-9(3-11(18)20)4-15-17-13/h5,9H,3-4,6H2,1-2H3. The molecule has 1 aliphatic heterocycles. The highest BCUT2D eigenvalue weighted by atomic mass is 16.2. The summed E-state index contributed by atoms with van der Waals surface area (Å²) in [7, 11) is 0. The summed E-state index contributed by atoms with van der Waals surface area (Å²) in [6, 6.07) is 0. The minimum atomic E-state index is -0.108. The lowest BCUT2D eigenvalue weighted by Gasteiger charge is -2.15. The van der Waals surface area contributed by atoms with Gasteiger partial charge in [0, 0.05) is 30.6 Å². The van der Waals surface area contributed by atoms with Crippen LogP contribution >= 0.6 is 0 Å². The molecule has 1 saturated heterocycles. The van der Waals surface area contributed by atoms with Crippen molar-refractivity contribution in [1.82, 2.24) is 9.97 Å². The van der Waals surface area contributed by atoms with Gasteiger partial charge in [0.15, 0.2) is 5.78 Å². The number of nitrogens with zero attached hydrogens (tertiary/aromatic N) is 6. The summed E-state index contributed by atoms with van der Waals surface area (Å²) < 4.78 is 0. The van der Waals surface area contributed by atoms with Crippen LogP contribution in [0.1, 0.15) is 29.4 Å². The second-order valence-corrected chi connectivity index (χ2v) is 4.71. The minimum absolute atomic E-state index is 0.0187. The first kappa shape index (κ1) is 14.0. The number of rotatable bonds is 4. The molecule has 8 nitrogen and oxygen atoms in total. The second-order valence-electron chi connectivity index (χ2n) is 4.71. The number of aryl methyl sites for hydroxylation is 1. The zero-order valence-corrected chi connectivity index (χ0v) is 11.3. The van der Waals surface area contributed by atoms with Crippen LogP contribution < -0.4 is 4.90 Å². The summed E-state index contributed by atoms with van der Waals surface area (Å²) in [4.78, 5) is 35.7. The van der Waals surface area contributed by atoms with E-state index in [0.29, 0.717) is 30.2 Å². The third-order valence-corrected chi connectivity index (χ3v) is 3.20. The molecule has 0 N–H and O–H groups in total. The molecule has 0 spiro atoms. The molecular weight excluding hydrogens is 260 g/mol. The normalized spacial score (nSPS) is 18.0. The van der Waals surface area contributed by atoms with E-state index < -0.39 is 0 Å². The van der Waals surface area contributed by atoms with E-state index in [-0.39, 0.29) is 24.2 Å². The molecule has 1 unspecified atom stereocenters. The van der Waals surface area contributed by atoms with E-state index in [9.17, 15) is 9.59 Å². The van der Waals surface area contributed by atoms with Crippen LogP contribution in [0.5, 0.6) is 0 Å². The third-order valence-electron chi connectivity index (χ3n) is 3.20. The summed E-state index contributed by atoms with van der Waals surface area (Å²) in [5, 5.41) is 3.49. The van der Waals surface area contributed by atoms with Gasteiger partial charge in [-0.1, -0.05) is 5.11 Å².